The molecule has 0 fully saturated rings. The molecule has 0 spiro atoms. The van der Waals surface area contributed by atoms with Crippen molar-refractivity contribution in [3.8, 4) is 16.9 Å². The molecule has 1 amide bonds. The number of nitrogens with one attached hydrogen (secondary N) is 1. The Kier molecular flexibility index (Phi) is 3.15. The topological polar surface area (TPSA) is 59.8 Å². The quantitative estimate of drug-likeness (QED) is 0.602. The number of hydrogen-bond donors (Lipinski definition) is 1. The number of rotatable bonds is 2. The number of aromatic nitrogens is 3. The number of fused-ring (bicyclic) bond motifs is 2. The summed E-state index contributed by atoms with van der Waals surface area (Å²) in [4.78, 5) is 16.4. The van der Waals surface area contributed by atoms with Gasteiger partial charge in [-0.1, -0.05) is 24.3 Å². The Hall–Kier alpha value is -3.47. The standard InChI is InChI=1S/C21H16N4O/c1-13-7-9-18-20(22-13)21(25(24-18)16-5-3-2-4-6-16)14-8-10-17-15(11-14)12-19(26)23-17/h2-11H,12H2,1H3,(H,23,26). The summed E-state index contributed by atoms with van der Waals surface area (Å²) in [6.07, 6.45) is 0.410. The van der Waals surface area contributed by atoms with E-state index in [4.69, 9.17) is 10.1 Å². The first-order valence-electron chi connectivity index (χ1n) is 8.54. The van der Waals surface area contributed by atoms with E-state index in [0.717, 1.165) is 44.9 Å². The average Bonchev–Trinajstić information content (AvgIpc) is 3.20. The Balaban J connectivity index is 1.80. The summed E-state index contributed by atoms with van der Waals surface area (Å²) in [6, 6.07) is 20.0. The van der Waals surface area contributed by atoms with E-state index in [1.807, 2.05) is 66.2 Å². The number of benzene rings is 2. The van der Waals surface area contributed by atoms with Crippen LogP contribution in [0.3, 0.4) is 0 Å². The molecule has 2 aromatic carbocycles. The van der Waals surface area contributed by atoms with Crippen LogP contribution in [0.15, 0.2) is 60.7 Å². The zero-order valence-corrected chi connectivity index (χ0v) is 14.2. The first-order valence-corrected chi connectivity index (χ1v) is 8.54. The summed E-state index contributed by atoms with van der Waals surface area (Å²) < 4.78 is 1.93. The van der Waals surface area contributed by atoms with E-state index in [-0.39, 0.29) is 5.91 Å². The third-order valence-corrected chi connectivity index (χ3v) is 4.66. The van der Waals surface area contributed by atoms with E-state index in [1.165, 1.54) is 0 Å². The minimum Gasteiger partial charge on any atom is -0.326 e. The molecule has 0 saturated carbocycles. The molecule has 1 aliphatic rings. The second-order valence-electron chi connectivity index (χ2n) is 6.51. The molecular formula is C21H16N4O. The van der Waals surface area contributed by atoms with E-state index < -0.39 is 0 Å². The molecular weight excluding hydrogens is 324 g/mol. The lowest BCUT2D eigenvalue weighted by molar-refractivity contribution is -0.115. The summed E-state index contributed by atoms with van der Waals surface area (Å²) in [5, 5.41) is 7.67. The van der Waals surface area contributed by atoms with E-state index >= 15 is 0 Å². The van der Waals surface area contributed by atoms with Gasteiger partial charge in [-0.2, -0.15) is 5.10 Å². The lowest BCUT2D eigenvalue weighted by Gasteiger charge is -2.09. The number of carbonyl (C=O) groups is 1. The van der Waals surface area contributed by atoms with Crippen molar-refractivity contribution in [3.05, 3.63) is 71.9 Å². The number of para-hydroxylation sites is 1. The van der Waals surface area contributed by atoms with Gasteiger partial charge in [0.2, 0.25) is 5.91 Å². The molecule has 1 aliphatic heterocycles. The van der Waals surface area contributed by atoms with Crippen LogP contribution >= 0.6 is 0 Å². The molecule has 1 N–H and O–H groups in total. The van der Waals surface area contributed by atoms with Crippen LogP contribution in [0.4, 0.5) is 5.69 Å². The van der Waals surface area contributed by atoms with Crippen molar-refractivity contribution in [1.29, 1.82) is 0 Å². The van der Waals surface area contributed by atoms with Crippen LogP contribution < -0.4 is 5.32 Å². The third-order valence-electron chi connectivity index (χ3n) is 4.66. The van der Waals surface area contributed by atoms with Gasteiger partial charge in [-0.3, -0.25) is 4.79 Å². The monoisotopic (exact) mass is 340 g/mol. The molecule has 0 bridgehead atoms. The molecule has 0 unspecified atom stereocenters. The Morgan fingerprint density at radius 1 is 1.04 bits per heavy atom. The van der Waals surface area contributed by atoms with Crippen molar-refractivity contribution in [2.45, 2.75) is 13.3 Å². The normalized spacial score (nSPS) is 13.0. The van der Waals surface area contributed by atoms with Crippen LogP contribution in [0.5, 0.6) is 0 Å². The maximum Gasteiger partial charge on any atom is 0.228 e. The third kappa shape index (κ3) is 2.29. The Morgan fingerprint density at radius 3 is 2.73 bits per heavy atom. The molecule has 0 saturated heterocycles. The average molecular weight is 340 g/mol. The summed E-state index contributed by atoms with van der Waals surface area (Å²) >= 11 is 0. The summed E-state index contributed by atoms with van der Waals surface area (Å²) in [5.41, 5.74) is 7.49. The fourth-order valence-corrected chi connectivity index (χ4v) is 3.45. The zero-order valence-electron chi connectivity index (χ0n) is 14.2. The molecule has 0 aliphatic carbocycles. The van der Waals surface area contributed by atoms with Crippen LogP contribution in [0.2, 0.25) is 0 Å². The molecule has 0 atom stereocenters. The SMILES string of the molecule is Cc1ccc2nn(-c3ccccc3)c(-c3ccc4c(c3)CC(=O)N4)c2n1. The second kappa shape index (κ2) is 5.52. The Labute approximate surface area is 150 Å². The van der Waals surface area contributed by atoms with Crippen LogP contribution in [0.1, 0.15) is 11.3 Å². The van der Waals surface area contributed by atoms with Gasteiger partial charge in [0.05, 0.1) is 12.1 Å². The van der Waals surface area contributed by atoms with Gasteiger partial charge < -0.3 is 5.32 Å². The molecule has 126 valence electrons. The predicted molar refractivity (Wildman–Crippen MR) is 101 cm³/mol. The first kappa shape index (κ1) is 14.8. The maximum absolute atomic E-state index is 11.7. The number of pyridine rings is 1. The van der Waals surface area contributed by atoms with Crippen molar-refractivity contribution < 1.29 is 4.79 Å². The van der Waals surface area contributed by atoms with E-state index in [1.54, 1.807) is 0 Å². The number of hydrogen-bond acceptors (Lipinski definition) is 3. The molecule has 2 aromatic heterocycles. The predicted octanol–water partition coefficient (Wildman–Crippen LogP) is 3.89. The van der Waals surface area contributed by atoms with Gasteiger partial charge in [0.15, 0.2) is 0 Å². The lowest BCUT2D eigenvalue weighted by atomic mass is 10.0. The highest BCUT2D eigenvalue weighted by atomic mass is 16.1. The van der Waals surface area contributed by atoms with Gasteiger partial charge in [-0.15, -0.1) is 0 Å². The minimum absolute atomic E-state index is 0.0348. The molecule has 0 radical (unpaired) electrons. The van der Waals surface area contributed by atoms with Crippen LogP contribution in [0, 0.1) is 6.92 Å². The van der Waals surface area contributed by atoms with Crippen LogP contribution in [-0.2, 0) is 11.2 Å². The lowest BCUT2D eigenvalue weighted by Crippen LogP contribution is -2.03. The van der Waals surface area contributed by atoms with Gasteiger partial charge in [-0.05, 0) is 48.9 Å². The highest BCUT2D eigenvalue weighted by molar-refractivity contribution is 6.00. The first-order chi connectivity index (χ1) is 12.7. The largest absolute Gasteiger partial charge is 0.326 e. The highest BCUT2D eigenvalue weighted by Crippen LogP contribution is 2.34. The van der Waals surface area contributed by atoms with E-state index in [2.05, 4.69) is 11.4 Å². The molecule has 5 heteroatoms. The van der Waals surface area contributed by atoms with Crippen molar-refractivity contribution in [2.75, 3.05) is 5.32 Å². The summed E-state index contributed by atoms with van der Waals surface area (Å²) in [6.45, 7) is 1.98. The zero-order chi connectivity index (χ0) is 17.7. The molecule has 26 heavy (non-hydrogen) atoms. The van der Waals surface area contributed by atoms with Crippen molar-refractivity contribution in [3.63, 3.8) is 0 Å². The minimum atomic E-state index is 0.0348. The van der Waals surface area contributed by atoms with Crippen molar-refractivity contribution in [1.82, 2.24) is 14.8 Å². The number of nitrogens with zero attached hydrogens (tertiary/aromatic N) is 3. The number of amides is 1. The Bertz CT molecular complexity index is 1160. The van der Waals surface area contributed by atoms with Gasteiger partial charge >= 0.3 is 0 Å². The van der Waals surface area contributed by atoms with Gasteiger partial charge in [-0.25, -0.2) is 9.67 Å². The fraction of sp³-hybridized carbons (Fsp3) is 0.0952. The summed E-state index contributed by atoms with van der Waals surface area (Å²) in [7, 11) is 0. The van der Waals surface area contributed by atoms with Crippen LogP contribution in [-0.4, -0.2) is 20.7 Å². The van der Waals surface area contributed by atoms with Crippen molar-refractivity contribution >= 4 is 22.6 Å². The summed E-state index contributed by atoms with van der Waals surface area (Å²) in [5.74, 6) is 0.0348. The molecule has 5 nitrogen and oxygen atoms in total. The molecule has 5 rings (SSSR count). The maximum atomic E-state index is 11.7. The van der Waals surface area contributed by atoms with E-state index in [9.17, 15) is 4.79 Å². The number of anilines is 1. The van der Waals surface area contributed by atoms with Gasteiger partial charge in [0.1, 0.15) is 16.7 Å². The van der Waals surface area contributed by atoms with Crippen molar-refractivity contribution in [2.24, 2.45) is 0 Å². The van der Waals surface area contributed by atoms with E-state index in [0.29, 0.717) is 6.42 Å². The second-order valence-corrected chi connectivity index (χ2v) is 6.51. The highest BCUT2D eigenvalue weighted by Gasteiger charge is 2.21. The molecule has 3 heterocycles. The van der Waals surface area contributed by atoms with Crippen LogP contribution in [0.25, 0.3) is 28.0 Å². The van der Waals surface area contributed by atoms with Gasteiger partial charge in [0.25, 0.3) is 0 Å². The number of aryl methyl sites for hydroxylation is 1. The molecule has 4 aromatic rings. The number of carbonyl (C=O) groups excluding carboxylic acids is 1. The Morgan fingerprint density at radius 2 is 1.88 bits per heavy atom. The van der Waals surface area contributed by atoms with Gasteiger partial charge in [0, 0.05) is 16.9 Å². The smallest absolute Gasteiger partial charge is 0.228 e. The fourth-order valence-electron chi connectivity index (χ4n) is 3.45.